The highest BCUT2D eigenvalue weighted by atomic mass is 35.5. The lowest BCUT2D eigenvalue weighted by atomic mass is 10.2. The summed E-state index contributed by atoms with van der Waals surface area (Å²) in [6.07, 6.45) is 0. The molecule has 0 fully saturated rings. The van der Waals surface area contributed by atoms with Crippen LogP contribution < -0.4 is 16.0 Å². The van der Waals surface area contributed by atoms with Gasteiger partial charge in [0.2, 0.25) is 5.91 Å². The summed E-state index contributed by atoms with van der Waals surface area (Å²) in [6.45, 7) is 2.16. The van der Waals surface area contributed by atoms with Gasteiger partial charge in [0.25, 0.3) is 11.8 Å². The molecule has 0 spiro atoms. The van der Waals surface area contributed by atoms with Crippen molar-refractivity contribution >= 4 is 46.6 Å². The van der Waals surface area contributed by atoms with Crippen LogP contribution in [0.5, 0.6) is 0 Å². The monoisotopic (exact) mass is 393 g/mol. The number of anilines is 1. The highest BCUT2D eigenvalue weighted by Gasteiger charge is 2.10. The van der Waals surface area contributed by atoms with E-state index in [1.807, 2.05) is 6.92 Å². The van der Waals surface area contributed by atoms with E-state index in [2.05, 4.69) is 16.0 Å². The summed E-state index contributed by atoms with van der Waals surface area (Å²) in [4.78, 5) is 35.6. The van der Waals surface area contributed by atoms with E-state index >= 15 is 0 Å². The second-order valence-corrected chi connectivity index (χ2v) is 6.11. The fraction of sp³-hybridized carbons (Fsp3) is 0.167. The Morgan fingerprint density at radius 3 is 2.08 bits per heavy atom. The molecule has 0 aliphatic carbocycles. The number of benzene rings is 2. The summed E-state index contributed by atoms with van der Waals surface area (Å²) in [5.74, 6) is -1.02. The van der Waals surface area contributed by atoms with Gasteiger partial charge in [0.1, 0.15) is 0 Å². The highest BCUT2D eigenvalue weighted by molar-refractivity contribution is 6.42. The van der Waals surface area contributed by atoms with E-state index in [4.69, 9.17) is 23.2 Å². The molecule has 0 aliphatic rings. The first-order valence-electron chi connectivity index (χ1n) is 7.82. The van der Waals surface area contributed by atoms with Crippen LogP contribution in [0.15, 0.2) is 42.5 Å². The smallest absolute Gasteiger partial charge is 0.251 e. The summed E-state index contributed by atoms with van der Waals surface area (Å²) in [5, 5.41) is 8.42. The van der Waals surface area contributed by atoms with Gasteiger partial charge >= 0.3 is 0 Å². The van der Waals surface area contributed by atoms with E-state index in [-0.39, 0.29) is 17.5 Å². The Hall–Kier alpha value is -2.57. The second-order valence-electron chi connectivity index (χ2n) is 5.30. The van der Waals surface area contributed by atoms with Crippen molar-refractivity contribution in [3.63, 3.8) is 0 Å². The van der Waals surface area contributed by atoms with Gasteiger partial charge in [0.15, 0.2) is 0 Å². The van der Waals surface area contributed by atoms with E-state index in [0.717, 1.165) is 0 Å². The van der Waals surface area contributed by atoms with Crippen molar-refractivity contribution in [3.05, 3.63) is 63.6 Å². The van der Waals surface area contributed by atoms with Crippen LogP contribution >= 0.6 is 23.2 Å². The minimum absolute atomic E-state index is 0.181. The maximum atomic E-state index is 12.0. The van der Waals surface area contributed by atoms with Gasteiger partial charge in [-0.15, -0.1) is 0 Å². The molecule has 0 saturated carbocycles. The zero-order chi connectivity index (χ0) is 19.1. The SMILES string of the molecule is CCNC(=O)c1ccc(NC(=O)CNC(=O)c2ccc(Cl)c(Cl)c2)cc1. The fourth-order valence-electron chi connectivity index (χ4n) is 2.07. The lowest BCUT2D eigenvalue weighted by Gasteiger charge is -2.08. The minimum Gasteiger partial charge on any atom is -0.352 e. The van der Waals surface area contributed by atoms with Gasteiger partial charge in [-0.25, -0.2) is 0 Å². The van der Waals surface area contributed by atoms with Crippen molar-refractivity contribution in [1.29, 1.82) is 0 Å². The maximum Gasteiger partial charge on any atom is 0.251 e. The van der Waals surface area contributed by atoms with Gasteiger partial charge in [-0.05, 0) is 49.4 Å². The number of halogens is 2. The van der Waals surface area contributed by atoms with Crippen LogP contribution in [0.2, 0.25) is 10.0 Å². The molecule has 0 atom stereocenters. The Morgan fingerprint density at radius 2 is 1.46 bits per heavy atom. The van der Waals surface area contributed by atoms with Gasteiger partial charge in [0.05, 0.1) is 16.6 Å². The van der Waals surface area contributed by atoms with E-state index in [0.29, 0.717) is 28.4 Å². The molecule has 6 nitrogen and oxygen atoms in total. The molecule has 2 rings (SSSR count). The normalized spacial score (nSPS) is 10.1. The summed E-state index contributed by atoms with van der Waals surface area (Å²) in [7, 11) is 0. The molecular formula is C18H17Cl2N3O3. The number of nitrogens with one attached hydrogen (secondary N) is 3. The number of carbonyl (C=O) groups is 3. The van der Waals surface area contributed by atoms with E-state index in [1.165, 1.54) is 18.2 Å². The topological polar surface area (TPSA) is 87.3 Å². The summed E-state index contributed by atoms with van der Waals surface area (Å²) in [6, 6.07) is 10.9. The van der Waals surface area contributed by atoms with Crippen LogP contribution in [0, 0.1) is 0 Å². The molecule has 3 amide bonds. The quantitative estimate of drug-likeness (QED) is 0.704. The van der Waals surface area contributed by atoms with Crippen LogP contribution in [-0.4, -0.2) is 30.8 Å². The average Bonchev–Trinajstić information content (AvgIpc) is 2.62. The molecule has 2 aromatic carbocycles. The van der Waals surface area contributed by atoms with Crippen LogP contribution in [0.25, 0.3) is 0 Å². The van der Waals surface area contributed by atoms with Crippen LogP contribution in [0.4, 0.5) is 5.69 Å². The molecule has 26 heavy (non-hydrogen) atoms. The summed E-state index contributed by atoms with van der Waals surface area (Å²) < 4.78 is 0. The van der Waals surface area contributed by atoms with Crippen molar-refractivity contribution in [2.24, 2.45) is 0 Å². The Balaban J connectivity index is 1.87. The largest absolute Gasteiger partial charge is 0.352 e. The zero-order valence-corrected chi connectivity index (χ0v) is 15.4. The molecule has 3 N–H and O–H groups in total. The fourth-order valence-corrected chi connectivity index (χ4v) is 2.37. The number of carbonyl (C=O) groups excluding carboxylic acids is 3. The summed E-state index contributed by atoms with van der Waals surface area (Å²) >= 11 is 11.7. The van der Waals surface area contributed by atoms with Gasteiger partial charge in [-0.2, -0.15) is 0 Å². The number of amides is 3. The molecule has 136 valence electrons. The Bertz CT molecular complexity index is 823. The van der Waals surface area contributed by atoms with Crippen molar-refractivity contribution < 1.29 is 14.4 Å². The molecular weight excluding hydrogens is 377 g/mol. The van der Waals surface area contributed by atoms with Crippen LogP contribution in [0.3, 0.4) is 0 Å². The van der Waals surface area contributed by atoms with Gasteiger partial charge in [-0.1, -0.05) is 23.2 Å². The molecule has 0 unspecified atom stereocenters. The summed E-state index contributed by atoms with van der Waals surface area (Å²) in [5.41, 5.74) is 1.32. The van der Waals surface area contributed by atoms with Crippen LogP contribution in [-0.2, 0) is 4.79 Å². The first-order valence-corrected chi connectivity index (χ1v) is 8.57. The molecule has 0 aromatic heterocycles. The Morgan fingerprint density at radius 1 is 0.846 bits per heavy atom. The third-order valence-electron chi connectivity index (χ3n) is 3.36. The molecule has 0 bridgehead atoms. The van der Waals surface area contributed by atoms with Crippen molar-refractivity contribution in [2.45, 2.75) is 6.92 Å². The second kappa shape index (κ2) is 9.22. The highest BCUT2D eigenvalue weighted by Crippen LogP contribution is 2.22. The third-order valence-corrected chi connectivity index (χ3v) is 4.10. The number of hydrogen-bond acceptors (Lipinski definition) is 3. The van der Waals surface area contributed by atoms with E-state index in [9.17, 15) is 14.4 Å². The van der Waals surface area contributed by atoms with Crippen molar-refractivity contribution in [2.75, 3.05) is 18.4 Å². The van der Waals surface area contributed by atoms with Crippen LogP contribution in [0.1, 0.15) is 27.6 Å². The van der Waals surface area contributed by atoms with Gasteiger partial charge in [0, 0.05) is 23.4 Å². The minimum atomic E-state index is -0.440. The number of hydrogen-bond donors (Lipinski definition) is 3. The molecule has 0 radical (unpaired) electrons. The third kappa shape index (κ3) is 5.47. The maximum absolute atomic E-state index is 12.0. The average molecular weight is 394 g/mol. The molecule has 8 heteroatoms. The number of rotatable bonds is 6. The van der Waals surface area contributed by atoms with E-state index in [1.54, 1.807) is 24.3 Å². The van der Waals surface area contributed by atoms with Gasteiger partial charge < -0.3 is 16.0 Å². The molecule has 0 aliphatic heterocycles. The first kappa shape index (κ1) is 19.8. The lowest BCUT2D eigenvalue weighted by Crippen LogP contribution is -2.32. The molecule has 0 heterocycles. The predicted octanol–water partition coefficient (Wildman–Crippen LogP) is 3.11. The molecule has 2 aromatic rings. The Kier molecular flexibility index (Phi) is 7.00. The standard InChI is InChI=1S/C18H17Cl2N3O3/c1-2-21-17(25)11-3-6-13(7-4-11)23-16(24)10-22-18(26)12-5-8-14(19)15(20)9-12/h3-9H,2,10H2,1H3,(H,21,25)(H,22,26)(H,23,24). The predicted molar refractivity (Wildman–Crippen MR) is 102 cm³/mol. The van der Waals surface area contributed by atoms with Crippen molar-refractivity contribution in [1.82, 2.24) is 10.6 Å². The van der Waals surface area contributed by atoms with E-state index < -0.39 is 11.8 Å². The zero-order valence-electron chi connectivity index (χ0n) is 13.9. The Labute approximate surface area is 160 Å². The van der Waals surface area contributed by atoms with Gasteiger partial charge in [-0.3, -0.25) is 14.4 Å². The molecule has 0 saturated heterocycles. The first-order chi connectivity index (χ1) is 12.4. The lowest BCUT2D eigenvalue weighted by molar-refractivity contribution is -0.115. The van der Waals surface area contributed by atoms with Crippen molar-refractivity contribution in [3.8, 4) is 0 Å².